The Hall–Kier alpha value is -3.92. The lowest BCUT2D eigenvalue weighted by Gasteiger charge is -2.11. The molecular formula is C26H18ClN3O4S2. The molecule has 36 heavy (non-hydrogen) atoms. The standard InChI is InChI=1S/C26H18ClN3O4S2/c27-17-8-11-20(12-9-17)36(33,34)30-19-5-3-4-16(14-19)25(32)28-18-10-13-21(23(31)15-18)26-29-22-6-1-2-7-24(22)35-26/h1-15,30-31H,(H,28,32). The van der Waals surface area contributed by atoms with Crippen molar-refractivity contribution in [2.45, 2.75) is 4.90 Å². The maximum absolute atomic E-state index is 12.8. The van der Waals surface area contributed by atoms with Gasteiger partial charge in [0.2, 0.25) is 0 Å². The zero-order chi connectivity index (χ0) is 25.3. The number of halogens is 1. The van der Waals surface area contributed by atoms with Crippen LogP contribution in [-0.2, 0) is 10.0 Å². The molecule has 0 saturated carbocycles. The number of aromatic nitrogens is 1. The van der Waals surface area contributed by atoms with Gasteiger partial charge in [-0.05, 0) is 66.7 Å². The van der Waals surface area contributed by atoms with Crippen LogP contribution in [0.3, 0.4) is 0 Å². The van der Waals surface area contributed by atoms with E-state index in [1.54, 1.807) is 30.3 Å². The van der Waals surface area contributed by atoms with Crippen molar-refractivity contribution >= 4 is 60.5 Å². The van der Waals surface area contributed by atoms with E-state index in [4.69, 9.17) is 11.6 Å². The summed E-state index contributed by atoms with van der Waals surface area (Å²) in [7, 11) is -3.86. The molecule has 0 aliphatic heterocycles. The van der Waals surface area contributed by atoms with Gasteiger partial charge in [-0.2, -0.15) is 0 Å². The number of sulfonamides is 1. The summed E-state index contributed by atoms with van der Waals surface area (Å²) in [5, 5.41) is 14.4. The van der Waals surface area contributed by atoms with Crippen LogP contribution in [0.25, 0.3) is 20.8 Å². The minimum atomic E-state index is -3.86. The second-order valence-corrected chi connectivity index (χ2v) is 11.0. The second-order valence-electron chi connectivity index (χ2n) is 7.81. The van der Waals surface area contributed by atoms with Crippen LogP contribution < -0.4 is 10.0 Å². The van der Waals surface area contributed by atoms with Gasteiger partial charge >= 0.3 is 0 Å². The quantitative estimate of drug-likeness (QED) is 0.234. The number of phenols is 1. The van der Waals surface area contributed by atoms with E-state index >= 15 is 0 Å². The molecule has 0 atom stereocenters. The summed E-state index contributed by atoms with van der Waals surface area (Å²) in [6.07, 6.45) is 0. The lowest BCUT2D eigenvalue weighted by Crippen LogP contribution is -2.15. The van der Waals surface area contributed by atoms with Crippen LogP contribution in [0.5, 0.6) is 5.75 Å². The number of hydrogen-bond donors (Lipinski definition) is 3. The van der Waals surface area contributed by atoms with Crippen LogP contribution in [0, 0.1) is 0 Å². The number of carbonyl (C=O) groups excluding carboxylic acids is 1. The lowest BCUT2D eigenvalue weighted by atomic mass is 10.1. The third kappa shape index (κ3) is 5.03. The number of benzene rings is 4. The highest BCUT2D eigenvalue weighted by Gasteiger charge is 2.16. The molecule has 1 amide bonds. The molecule has 180 valence electrons. The second kappa shape index (κ2) is 9.62. The number of thiazole rings is 1. The molecule has 0 saturated heterocycles. The molecule has 1 heterocycles. The number of anilines is 2. The van der Waals surface area contributed by atoms with Crippen molar-refractivity contribution in [1.82, 2.24) is 4.98 Å². The Bertz CT molecular complexity index is 1670. The third-order valence-electron chi connectivity index (χ3n) is 5.28. The topological polar surface area (TPSA) is 108 Å². The molecule has 10 heteroatoms. The van der Waals surface area contributed by atoms with E-state index in [-0.39, 0.29) is 21.9 Å². The average molecular weight is 536 g/mol. The van der Waals surface area contributed by atoms with E-state index in [2.05, 4.69) is 15.0 Å². The number of nitrogens with zero attached hydrogens (tertiary/aromatic N) is 1. The number of aromatic hydroxyl groups is 1. The van der Waals surface area contributed by atoms with Gasteiger partial charge in [0, 0.05) is 28.0 Å². The fourth-order valence-corrected chi connectivity index (χ4v) is 5.71. The van der Waals surface area contributed by atoms with Crippen LogP contribution in [0.2, 0.25) is 5.02 Å². The monoisotopic (exact) mass is 535 g/mol. The Morgan fingerprint density at radius 2 is 1.67 bits per heavy atom. The molecule has 0 aliphatic carbocycles. The Morgan fingerprint density at radius 1 is 0.889 bits per heavy atom. The number of hydrogen-bond acceptors (Lipinski definition) is 6. The average Bonchev–Trinajstić information content (AvgIpc) is 3.28. The van der Waals surface area contributed by atoms with Gasteiger partial charge in [0.15, 0.2) is 0 Å². The summed E-state index contributed by atoms with van der Waals surface area (Å²) >= 11 is 7.30. The van der Waals surface area contributed by atoms with Crippen LogP contribution in [0.4, 0.5) is 11.4 Å². The van der Waals surface area contributed by atoms with Crippen LogP contribution in [-0.4, -0.2) is 24.4 Å². The van der Waals surface area contributed by atoms with Crippen molar-refractivity contribution in [2.24, 2.45) is 0 Å². The highest BCUT2D eigenvalue weighted by atomic mass is 35.5. The fourth-order valence-electron chi connectivity index (χ4n) is 3.53. The van der Waals surface area contributed by atoms with Crippen molar-refractivity contribution in [3.05, 3.63) is 102 Å². The molecule has 0 radical (unpaired) electrons. The predicted molar refractivity (Wildman–Crippen MR) is 143 cm³/mol. The van der Waals surface area contributed by atoms with Crippen LogP contribution in [0.1, 0.15) is 10.4 Å². The van der Waals surface area contributed by atoms with E-state index in [0.29, 0.717) is 21.3 Å². The molecule has 0 bridgehead atoms. The molecule has 5 rings (SSSR count). The number of amides is 1. The van der Waals surface area contributed by atoms with Crippen molar-refractivity contribution in [2.75, 3.05) is 10.0 Å². The molecule has 7 nitrogen and oxygen atoms in total. The van der Waals surface area contributed by atoms with Crippen molar-refractivity contribution in [3.63, 3.8) is 0 Å². The normalized spacial score (nSPS) is 11.4. The summed E-state index contributed by atoms with van der Waals surface area (Å²) in [6, 6.07) is 24.4. The molecule has 1 aromatic heterocycles. The Kier molecular flexibility index (Phi) is 6.36. The van der Waals surface area contributed by atoms with Crippen molar-refractivity contribution < 1.29 is 18.3 Å². The first-order valence-corrected chi connectivity index (χ1v) is 13.3. The van der Waals surface area contributed by atoms with E-state index < -0.39 is 15.9 Å². The van der Waals surface area contributed by atoms with Crippen molar-refractivity contribution in [3.8, 4) is 16.3 Å². The van der Waals surface area contributed by atoms with Gasteiger partial charge in [-0.25, -0.2) is 13.4 Å². The van der Waals surface area contributed by atoms with Gasteiger partial charge in [0.25, 0.3) is 15.9 Å². The first-order valence-electron chi connectivity index (χ1n) is 10.7. The van der Waals surface area contributed by atoms with Gasteiger partial charge < -0.3 is 10.4 Å². The smallest absolute Gasteiger partial charge is 0.261 e. The van der Waals surface area contributed by atoms with Gasteiger partial charge in [-0.3, -0.25) is 9.52 Å². The molecule has 4 aromatic carbocycles. The van der Waals surface area contributed by atoms with Gasteiger partial charge in [-0.15, -0.1) is 11.3 Å². The Balaban J connectivity index is 1.32. The molecule has 3 N–H and O–H groups in total. The molecule has 0 spiro atoms. The summed E-state index contributed by atoms with van der Waals surface area (Å²) < 4.78 is 28.8. The van der Waals surface area contributed by atoms with Gasteiger partial charge in [-0.1, -0.05) is 29.8 Å². The zero-order valence-electron chi connectivity index (χ0n) is 18.5. The minimum Gasteiger partial charge on any atom is -0.507 e. The summed E-state index contributed by atoms with van der Waals surface area (Å²) in [5.41, 5.74) is 2.26. The van der Waals surface area contributed by atoms with Crippen LogP contribution >= 0.6 is 22.9 Å². The number of rotatable bonds is 6. The van der Waals surface area contributed by atoms with Gasteiger partial charge in [0.05, 0.1) is 20.7 Å². The highest BCUT2D eigenvalue weighted by Crippen LogP contribution is 2.36. The Morgan fingerprint density at radius 3 is 2.42 bits per heavy atom. The number of fused-ring (bicyclic) bond motifs is 1. The largest absolute Gasteiger partial charge is 0.507 e. The maximum atomic E-state index is 12.8. The number of nitrogens with one attached hydrogen (secondary N) is 2. The van der Waals surface area contributed by atoms with E-state index in [9.17, 15) is 18.3 Å². The summed E-state index contributed by atoms with van der Waals surface area (Å²) in [4.78, 5) is 17.4. The number of para-hydroxylation sites is 1. The minimum absolute atomic E-state index is 0.0173. The molecule has 0 unspecified atom stereocenters. The predicted octanol–water partition coefficient (Wildman–Crippen LogP) is 6.38. The van der Waals surface area contributed by atoms with E-state index in [1.807, 2.05) is 24.3 Å². The van der Waals surface area contributed by atoms with E-state index in [1.165, 1.54) is 47.7 Å². The first kappa shape index (κ1) is 23.8. The third-order valence-corrected chi connectivity index (χ3v) is 8.00. The first-order chi connectivity index (χ1) is 17.3. The molecular weight excluding hydrogens is 518 g/mol. The number of carbonyl (C=O) groups is 1. The van der Waals surface area contributed by atoms with Crippen LogP contribution in [0.15, 0.2) is 95.9 Å². The zero-order valence-corrected chi connectivity index (χ0v) is 20.9. The summed E-state index contributed by atoms with van der Waals surface area (Å²) in [6.45, 7) is 0. The molecule has 0 aliphatic rings. The Labute approximate surface area is 216 Å². The highest BCUT2D eigenvalue weighted by molar-refractivity contribution is 7.92. The lowest BCUT2D eigenvalue weighted by molar-refractivity contribution is 0.102. The molecule has 0 fully saturated rings. The molecule has 5 aromatic rings. The maximum Gasteiger partial charge on any atom is 0.261 e. The SMILES string of the molecule is O=C(Nc1ccc(-c2nc3ccccc3s2)c(O)c1)c1cccc(NS(=O)(=O)c2ccc(Cl)cc2)c1. The number of phenolic OH excluding ortho intramolecular Hbond substituents is 1. The summed E-state index contributed by atoms with van der Waals surface area (Å²) in [5.74, 6) is -0.481. The van der Waals surface area contributed by atoms with E-state index in [0.717, 1.165) is 10.2 Å². The van der Waals surface area contributed by atoms with Gasteiger partial charge in [0.1, 0.15) is 10.8 Å². The van der Waals surface area contributed by atoms with Crippen molar-refractivity contribution in [1.29, 1.82) is 0 Å². The fraction of sp³-hybridized carbons (Fsp3) is 0.